The Morgan fingerprint density at radius 1 is 1.11 bits per heavy atom. The second kappa shape index (κ2) is 9.24. The van der Waals surface area contributed by atoms with E-state index in [0.717, 1.165) is 10.7 Å². The fraction of sp³-hybridized carbons (Fsp3) is 0.400. The van der Waals surface area contributed by atoms with Gasteiger partial charge < -0.3 is 20.6 Å². The van der Waals surface area contributed by atoms with Gasteiger partial charge in [0.1, 0.15) is 17.6 Å². The van der Waals surface area contributed by atoms with Crippen molar-refractivity contribution in [1.82, 2.24) is 30.2 Å². The second-order valence-corrected chi connectivity index (χ2v) is 9.84. The number of nitrogens with zero attached hydrogens (tertiary/aromatic N) is 5. The first-order chi connectivity index (χ1) is 17.7. The van der Waals surface area contributed by atoms with Crippen LogP contribution in [0.2, 0.25) is 0 Å². The van der Waals surface area contributed by atoms with E-state index in [9.17, 15) is 23.9 Å². The van der Waals surface area contributed by atoms with E-state index >= 15 is 0 Å². The van der Waals surface area contributed by atoms with Crippen molar-refractivity contribution in [3.63, 3.8) is 0 Å². The Bertz CT molecular complexity index is 1440. The third-order valence-corrected chi connectivity index (χ3v) is 7.75. The number of fused-ring (bicyclic) bond motifs is 4. The number of carboxylic acids is 1. The number of carboxylic acid groups (broad SMARTS) is 1. The number of carbonyl (C=O) groups is 3. The maximum absolute atomic E-state index is 14.4. The highest BCUT2D eigenvalue weighted by atomic mass is 19.1. The standard InChI is InChI=1S/C25H24FN7O4/c1-27-19-10-15(2-9-28-19)12-29-21(34)17-11-18(33-20(32-17)16(26)13-31-33)22(35)30-14-24-3-6-25(7-4-24,8-5-24)23(36)37/h2,9-11,13H,3-8,12,14H2,(H,29,34)(H,30,35)(H,36,37). The Kier molecular flexibility index (Phi) is 6.07. The van der Waals surface area contributed by atoms with Crippen LogP contribution < -0.4 is 10.6 Å². The van der Waals surface area contributed by atoms with Gasteiger partial charge in [-0.05, 0) is 61.6 Å². The van der Waals surface area contributed by atoms with E-state index in [-0.39, 0.29) is 34.8 Å². The number of carbonyl (C=O) groups excluding carboxylic acids is 2. The molecule has 37 heavy (non-hydrogen) atoms. The number of hydrogen-bond donors (Lipinski definition) is 3. The normalized spacial score (nSPS) is 22.4. The Morgan fingerprint density at radius 3 is 2.51 bits per heavy atom. The summed E-state index contributed by atoms with van der Waals surface area (Å²) in [6.07, 6.45) is 6.27. The molecule has 2 amide bonds. The van der Waals surface area contributed by atoms with Gasteiger partial charge in [-0.15, -0.1) is 4.98 Å². The predicted molar refractivity (Wildman–Crippen MR) is 127 cm³/mol. The maximum Gasteiger partial charge on any atom is 0.309 e. The smallest absolute Gasteiger partial charge is 0.309 e. The summed E-state index contributed by atoms with van der Waals surface area (Å²) in [7, 11) is 0. The lowest BCUT2D eigenvalue weighted by atomic mass is 9.53. The predicted octanol–water partition coefficient (Wildman–Crippen LogP) is 2.90. The van der Waals surface area contributed by atoms with Gasteiger partial charge >= 0.3 is 5.97 Å². The maximum atomic E-state index is 14.4. The molecule has 0 unspecified atom stereocenters. The lowest BCUT2D eigenvalue weighted by Gasteiger charge is -2.51. The summed E-state index contributed by atoms with van der Waals surface area (Å²) >= 11 is 0. The minimum Gasteiger partial charge on any atom is -0.481 e. The molecule has 11 nitrogen and oxygen atoms in total. The first kappa shape index (κ1) is 24.3. The van der Waals surface area contributed by atoms with Crippen LogP contribution >= 0.6 is 0 Å². The van der Waals surface area contributed by atoms with Crippen LogP contribution in [0.4, 0.5) is 10.2 Å². The summed E-state index contributed by atoms with van der Waals surface area (Å²) in [5, 5.41) is 19.1. The van der Waals surface area contributed by atoms with Gasteiger partial charge in [-0.2, -0.15) is 5.10 Å². The Balaban J connectivity index is 1.32. The zero-order valence-electron chi connectivity index (χ0n) is 19.8. The molecule has 3 aromatic heterocycles. The van der Waals surface area contributed by atoms with Gasteiger partial charge in [0.05, 0.1) is 11.6 Å². The summed E-state index contributed by atoms with van der Waals surface area (Å²) in [5.74, 6) is -2.48. The van der Waals surface area contributed by atoms with Crippen molar-refractivity contribution in [2.75, 3.05) is 6.54 Å². The molecular formula is C25H24FN7O4. The minimum absolute atomic E-state index is 0.0406. The van der Waals surface area contributed by atoms with Gasteiger partial charge in [0.2, 0.25) is 0 Å². The molecule has 0 aromatic carbocycles. The monoisotopic (exact) mass is 505 g/mol. The van der Waals surface area contributed by atoms with Crippen molar-refractivity contribution >= 4 is 29.2 Å². The number of halogens is 1. The van der Waals surface area contributed by atoms with Gasteiger partial charge in [-0.25, -0.2) is 13.9 Å². The van der Waals surface area contributed by atoms with E-state index in [1.165, 1.54) is 18.3 Å². The van der Waals surface area contributed by atoms with Gasteiger partial charge in [0.25, 0.3) is 17.6 Å². The summed E-state index contributed by atoms with van der Waals surface area (Å²) in [5.41, 5.74) is -0.626. The summed E-state index contributed by atoms with van der Waals surface area (Å²) in [6, 6.07) is 4.45. The van der Waals surface area contributed by atoms with Gasteiger partial charge in [0.15, 0.2) is 11.5 Å². The second-order valence-electron chi connectivity index (χ2n) is 9.84. The number of amides is 2. The third-order valence-electron chi connectivity index (χ3n) is 7.75. The highest BCUT2D eigenvalue weighted by Crippen LogP contribution is 2.56. The van der Waals surface area contributed by atoms with Crippen LogP contribution in [0.1, 0.15) is 65.1 Å². The van der Waals surface area contributed by atoms with Crippen molar-refractivity contribution in [3.05, 3.63) is 64.8 Å². The topological polar surface area (TPSA) is 143 Å². The molecule has 3 fully saturated rings. The average Bonchev–Trinajstić information content (AvgIpc) is 3.31. The van der Waals surface area contributed by atoms with Crippen molar-refractivity contribution in [2.24, 2.45) is 10.8 Å². The Hall–Kier alpha value is -4.40. The number of hydrogen-bond acceptors (Lipinski definition) is 6. The van der Waals surface area contributed by atoms with Gasteiger partial charge in [-0.3, -0.25) is 14.4 Å². The zero-order chi connectivity index (χ0) is 26.2. The summed E-state index contributed by atoms with van der Waals surface area (Å²) in [4.78, 5) is 48.9. The van der Waals surface area contributed by atoms with E-state index in [1.807, 2.05) is 0 Å². The lowest BCUT2D eigenvalue weighted by molar-refractivity contribution is -0.158. The van der Waals surface area contributed by atoms with Gasteiger partial charge in [-0.1, -0.05) is 6.57 Å². The number of rotatable bonds is 7. The number of pyridine rings is 1. The SMILES string of the molecule is [C-]#[N+]c1cc(CNC(=O)c2cc(C(=O)NCC34CCC(C(=O)O)(CC3)CC4)n3ncc(F)c3n2)ccn1. The van der Waals surface area contributed by atoms with Crippen LogP contribution in [0.15, 0.2) is 30.6 Å². The molecular weight excluding hydrogens is 481 g/mol. The molecule has 12 heteroatoms. The average molecular weight is 506 g/mol. The fourth-order valence-electron chi connectivity index (χ4n) is 5.33. The number of nitrogens with one attached hydrogen (secondary N) is 2. The highest BCUT2D eigenvalue weighted by molar-refractivity contribution is 5.98. The summed E-state index contributed by atoms with van der Waals surface area (Å²) in [6.45, 7) is 7.48. The highest BCUT2D eigenvalue weighted by Gasteiger charge is 2.52. The first-order valence-electron chi connectivity index (χ1n) is 11.9. The molecule has 0 aliphatic heterocycles. The lowest BCUT2D eigenvalue weighted by Crippen LogP contribution is -2.50. The molecule has 0 saturated heterocycles. The Labute approximate surface area is 210 Å². The van der Waals surface area contributed by atoms with Crippen LogP contribution in [0.3, 0.4) is 0 Å². The van der Waals surface area contributed by atoms with Crippen molar-refractivity contribution < 1.29 is 23.9 Å². The van der Waals surface area contributed by atoms with Crippen molar-refractivity contribution in [1.29, 1.82) is 0 Å². The molecule has 3 heterocycles. The molecule has 0 radical (unpaired) electrons. The van der Waals surface area contributed by atoms with Crippen LogP contribution in [-0.2, 0) is 11.3 Å². The molecule has 190 valence electrons. The van der Waals surface area contributed by atoms with E-state index in [0.29, 0.717) is 50.6 Å². The molecule has 3 N–H and O–H groups in total. The molecule has 3 saturated carbocycles. The molecule has 2 bridgehead atoms. The largest absolute Gasteiger partial charge is 0.481 e. The first-order valence-corrected chi connectivity index (χ1v) is 11.9. The van der Waals surface area contributed by atoms with Crippen molar-refractivity contribution in [2.45, 2.75) is 45.1 Å². The number of aliphatic carboxylic acids is 1. The minimum atomic E-state index is -0.775. The Morgan fingerprint density at radius 2 is 1.84 bits per heavy atom. The van der Waals surface area contributed by atoms with E-state index in [1.54, 1.807) is 6.07 Å². The van der Waals surface area contributed by atoms with Crippen LogP contribution in [0.5, 0.6) is 0 Å². The van der Waals surface area contributed by atoms with Crippen LogP contribution in [-0.4, -0.2) is 49.0 Å². The van der Waals surface area contributed by atoms with Gasteiger partial charge in [0, 0.05) is 19.2 Å². The zero-order valence-corrected chi connectivity index (χ0v) is 19.8. The number of aromatic nitrogens is 4. The summed E-state index contributed by atoms with van der Waals surface area (Å²) < 4.78 is 15.4. The van der Waals surface area contributed by atoms with Crippen LogP contribution in [0.25, 0.3) is 10.5 Å². The van der Waals surface area contributed by atoms with Crippen LogP contribution in [0, 0.1) is 23.2 Å². The molecule has 3 aliphatic rings. The molecule has 0 atom stereocenters. The van der Waals surface area contributed by atoms with E-state index < -0.39 is 29.0 Å². The third kappa shape index (κ3) is 4.48. The van der Waals surface area contributed by atoms with Crippen molar-refractivity contribution in [3.8, 4) is 0 Å². The molecule has 3 aliphatic carbocycles. The quantitative estimate of drug-likeness (QED) is 0.419. The molecule has 6 rings (SSSR count). The van der Waals surface area contributed by atoms with E-state index in [4.69, 9.17) is 6.57 Å². The molecule has 3 aromatic rings. The molecule has 0 spiro atoms. The van der Waals surface area contributed by atoms with E-state index in [2.05, 4.69) is 30.5 Å². The fourth-order valence-corrected chi connectivity index (χ4v) is 5.33.